The third-order valence-electron chi connectivity index (χ3n) is 6.37. The molecule has 1 aliphatic heterocycles. The molecule has 3 aromatic rings. The van der Waals surface area contributed by atoms with Crippen molar-refractivity contribution in [3.05, 3.63) is 18.1 Å². The lowest BCUT2D eigenvalue weighted by molar-refractivity contribution is 0.0662. The van der Waals surface area contributed by atoms with Gasteiger partial charge in [-0.3, -0.25) is 4.68 Å². The molecule has 0 unspecified atom stereocenters. The molecule has 0 atom stereocenters. The monoisotopic (exact) mass is 427 g/mol. The Labute approximate surface area is 180 Å². The van der Waals surface area contributed by atoms with Crippen LogP contribution in [0.2, 0.25) is 0 Å². The number of aryl methyl sites for hydroxylation is 1. The highest BCUT2D eigenvalue weighted by Gasteiger charge is 2.24. The van der Waals surface area contributed by atoms with Crippen LogP contribution in [-0.2, 0) is 4.74 Å². The third kappa shape index (κ3) is 3.88. The molecular weight excluding hydrogens is 398 g/mol. The van der Waals surface area contributed by atoms with Crippen molar-refractivity contribution in [2.24, 2.45) is 0 Å². The van der Waals surface area contributed by atoms with Crippen molar-refractivity contribution in [3.8, 4) is 0 Å². The number of hydrogen-bond acceptors (Lipinski definition) is 8. The minimum atomic E-state index is 0.398. The molecule has 0 bridgehead atoms. The Hall–Kier alpha value is -2.26. The fourth-order valence-electron chi connectivity index (χ4n) is 4.60. The summed E-state index contributed by atoms with van der Waals surface area (Å²) in [6.07, 6.45) is 12.3. The van der Waals surface area contributed by atoms with Gasteiger partial charge in [-0.15, -0.1) is 0 Å². The molecular formula is C21H29N7OS. The molecule has 0 aromatic carbocycles. The van der Waals surface area contributed by atoms with Gasteiger partial charge in [0, 0.05) is 32.5 Å². The summed E-state index contributed by atoms with van der Waals surface area (Å²) < 4.78 is 12.1. The van der Waals surface area contributed by atoms with Gasteiger partial charge >= 0.3 is 0 Å². The fraction of sp³-hybridized carbons (Fsp3) is 0.619. The van der Waals surface area contributed by atoms with Gasteiger partial charge in [0.15, 0.2) is 4.83 Å². The molecule has 5 rings (SSSR count). The van der Waals surface area contributed by atoms with Crippen molar-refractivity contribution in [3.63, 3.8) is 0 Å². The number of aromatic nitrogens is 5. The summed E-state index contributed by atoms with van der Waals surface area (Å²) in [5.74, 6) is 1.59. The molecule has 0 spiro atoms. The van der Waals surface area contributed by atoms with Crippen LogP contribution in [0.5, 0.6) is 0 Å². The lowest BCUT2D eigenvalue weighted by atomic mass is 9.94. The summed E-state index contributed by atoms with van der Waals surface area (Å²) >= 11 is 1.44. The van der Waals surface area contributed by atoms with E-state index in [4.69, 9.17) is 14.7 Å². The summed E-state index contributed by atoms with van der Waals surface area (Å²) in [5.41, 5.74) is 1.92. The van der Waals surface area contributed by atoms with Crippen molar-refractivity contribution in [1.29, 1.82) is 0 Å². The predicted molar refractivity (Wildman–Crippen MR) is 120 cm³/mol. The predicted octanol–water partition coefficient (Wildman–Crippen LogP) is 4.46. The smallest absolute Gasteiger partial charge is 0.230 e. The van der Waals surface area contributed by atoms with Gasteiger partial charge in [0.2, 0.25) is 5.95 Å². The van der Waals surface area contributed by atoms with Crippen molar-refractivity contribution in [2.75, 3.05) is 30.5 Å². The molecule has 8 nitrogen and oxygen atoms in total. The van der Waals surface area contributed by atoms with Gasteiger partial charge in [0.1, 0.15) is 5.82 Å². The van der Waals surface area contributed by atoms with Crippen LogP contribution in [0.1, 0.15) is 56.7 Å². The van der Waals surface area contributed by atoms with Crippen LogP contribution in [0.25, 0.3) is 10.2 Å². The first-order chi connectivity index (χ1) is 14.7. The summed E-state index contributed by atoms with van der Waals surface area (Å²) in [6, 6.07) is 0.926. The first-order valence-corrected chi connectivity index (χ1v) is 11.7. The largest absolute Gasteiger partial charge is 0.381 e. The first-order valence-electron chi connectivity index (χ1n) is 10.9. The molecule has 2 aliphatic rings. The number of nitrogens with one attached hydrogen (secondary N) is 1. The van der Waals surface area contributed by atoms with E-state index in [1.165, 1.54) is 43.6 Å². The molecule has 1 saturated heterocycles. The number of ether oxygens (including phenoxy) is 1. The average Bonchev–Trinajstić information content (AvgIpc) is 3.41. The van der Waals surface area contributed by atoms with Crippen LogP contribution in [0.4, 0.5) is 17.5 Å². The second kappa shape index (κ2) is 8.47. The minimum absolute atomic E-state index is 0.398. The van der Waals surface area contributed by atoms with E-state index in [0.29, 0.717) is 18.0 Å². The Morgan fingerprint density at radius 2 is 1.93 bits per heavy atom. The lowest BCUT2D eigenvalue weighted by Gasteiger charge is -2.32. The normalized spacial score (nSPS) is 18.7. The molecule has 30 heavy (non-hydrogen) atoms. The maximum absolute atomic E-state index is 5.47. The Kier molecular flexibility index (Phi) is 5.56. The molecule has 3 aromatic heterocycles. The van der Waals surface area contributed by atoms with Gasteiger partial charge < -0.3 is 15.0 Å². The zero-order chi connectivity index (χ0) is 20.5. The zero-order valence-corrected chi connectivity index (χ0v) is 18.5. The maximum atomic E-state index is 5.47. The van der Waals surface area contributed by atoms with Gasteiger partial charge in [-0.05, 0) is 44.1 Å². The Balaban J connectivity index is 1.43. The van der Waals surface area contributed by atoms with E-state index in [1.54, 1.807) is 0 Å². The fourth-order valence-corrected chi connectivity index (χ4v) is 5.37. The highest BCUT2D eigenvalue weighted by atomic mass is 32.1. The summed E-state index contributed by atoms with van der Waals surface area (Å²) in [5, 5.41) is 9.01. The molecule has 0 amide bonds. The SMILES string of the molecule is Cc1nsc2nc(Nc3cnn(C4CCOCC4)c3)nc(N(C)C3CCCCC3)c12. The van der Waals surface area contributed by atoms with Gasteiger partial charge in [-0.1, -0.05) is 19.3 Å². The molecule has 1 N–H and O–H groups in total. The van der Waals surface area contributed by atoms with E-state index in [0.717, 1.165) is 53.5 Å². The van der Waals surface area contributed by atoms with E-state index in [9.17, 15) is 0 Å². The van der Waals surface area contributed by atoms with E-state index >= 15 is 0 Å². The highest BCUT2D eigenvalue weighted by Crippen LogP contribution is 2.34. The quantitative estimate of drug-likeness (QED) is 0.644. The number of hydrogen-bond donors (Lipinski definition) is 1. The first kappa shape index (κ1) is 19.7. The van der Waals surface area contributed by atoms with Crippen molar-refractivity contribution >= 4 is 39.2 Å². The zero-order valence-electron chi connectivity index (χ0n) is 17.7. The van der Waals surface area contributed by atoms with Crippen molar-refractivity contribution < 1.29 is 4.74 Å². The van der Waals surface area contributed by atoms with Gasteiger partial charge in [0.05, 0.1) is 29.0 Å². The second-order valence-corrected chi connectivity index (χ2v) is 9.15. The number of nitrogens with zero attached hydrogens (tertiary/aromatic N) is 6. The molecule has 2 fully saturated rings. The maximum Gasteiger partial charge on any atom is 0.230 e. The number of fused-ring (bicyclic) bond motifs is 1. The molecule has 1 aliphatic carbocycles. The van der Waals surface area contributed by atoms with Crippen LogP contribution in [-0.4, -0.2) is 50.4 Å². The van der Waals surface area contributed by atoms with E-state index in [-0.39, 0.29) is 0 Å². The Bertz CT molecular complexity index is 1000. The van der Waals surface area contributed by atoms with E-state index in [2.05, 4.69) is 26.7 Å². The molecule has 4 heterocycles. The number of anilines is 3. The number of rotatable bonds is 5. The van der Waals surface area contributed by atoms with Crippen LogP contribution in [0.15, 0.2) is 12.4 Å². The van der Waals surface area contributed by atoms with Crippen LogP contribution in [0.3, 0.4) is 0 Å². The summed E-state index contributed by atoms with van der Waals surface area (Å²) in [7, 11) is 2.17. The lowest BCUT2D eigenvalue weighted by Crippen LogP contribution is -2.34. The Morgan fingerprint density at radius 3 is 2.73 bits per heavy atom. The second-order valence-electron chi connectivity index (χ2n) is 8.40. The molecule has 9 heteroatoms. The van der Waals surface area contributed by atoms with Gasteiger partial charge in [-0.2, -0.15) is 19.4 Å². The molecule has 0 radical (unpaired) electrons. The third-order valence-corrected chi connectivity index (χ3v) is 7.20. The van der Waals surface area contributed by atoms with Gasteiger partial charge in [0.25, 0.3) is 0 Å². The summed E-state index contributed by atoms with van der Waals surface area (Å²) in [6.45, 7) is 3.65. The Morgan fingerprint density at radius 1 is 1.13 bits per heavy atom. The minimum Gasteiger partial charge on any atom is -0.381 e. The standard InChI is InChI=1S/C21H29N7OS/c1-14-18-19(27(2)16-6-4-3-5-7-16)24-21(25-20(18)30-26-14)23-15-12-22-28(13-15)17-8-10-29-11-9-17/h12-13,16-17H,3-11H2,1-2H3,(H,23,24,25). The average molecular weight is 428 g/mol. The van der Waals surface area contributed by atoms with E-state index < -0.39 is 0 Å². The summed E-state index contributed by atoms with van der Waals surface area (Å²) in [4.78, 5) is 13.0. The van der Waals surface area contributed by atoms with Crippen molar-refractivity contribution in [1.82, 2.24) is 24.1 Å². The van der Waals surface area contributed by atoms with Crippen LogP contribution >= 0.6 is 11.5 Å². The molecule has 160 valence electrons. The van der Waals surface area contributed by atoms with Crippen molar-refractivity contribution in [2.45, 2.75) is 64.0 Å². The highest BCUT2D eigenvalue weighted by molar-refractivity contribution is 7.13. The van der Waals surface area contributed by atoms with E-state index in [1.807, 2.05) is 24.0 Å². The van der Waals surface area contributed by atoms with Crippen LogP contribution in [0, 0.1) is 6.92 Å². The topological polar surface area (TPSA) is 81.0 Å². The van der Waals surface area contributed by atoms with Gasteiger partial charge in [-0.25, -0.2) is 0 Å². The van der Waals surface area contributed by atoms with Crippen LogP contribution < -0.4 is 10.2 Å². The molecule has 1 saturated carbocycles.